The minimum Gasteiger partial charge on any atom is -0.375 e. The summed E-state index contributed by atoms with van der Waals surface area (Å²) in [5, 5.41) is 5.21. The summed E-state index contributed by atoms with van der Waals surface area (Å²) in [5.41, 5.74) is 12.0. The van der Waals surface area contributed by atoms with Gasteiger partial charge in [0, 0.05) is 17.1 Å². The highest BCUT2D eigenvalue weighted by molar-refractivity contribution is 7.80. The van der Waals surface area contributed by atoms with Gasteiger partial charge in [0.25, 0.3) is 0 Å². The molecule has 0 aliphatic heterocycles. The number of nitrogens with zero attached hydrogens (tertiary/aromatic N) is 2. The van der Waals surface area contributed by atoms with Gasteiger partial charge in [0.15, 0.2) is 5.11 Å². The fraction of sp³-hybridized carbons (Fsp3) is 0. The highest BCUT2D eigenvalue weighted by Gasteiger charge is 2.00. The summed E-state index contributed by atoms with van der Waals surface area (Å²) in [6.07, 6.45) is 3.56. The second-order valence-corrected chi connectivity index (χ2v) is 5.21. The highest BCUT2D eigenvalue weighted by Crippen LogP contribution is 2.22. The number of aromatic nitrogens is 1. The third-order valence-electron chi connectivity index (χ3n) is 3.22. The lowest BCUT2D eigenvalue weighted by molar-refractivity contribution is 1.04. The van der Waals surface area contributed by atoms with Crippen molar-refractivity contribution >= 4 is 34.4 Å². The summed E-state index contributed by atoms with van der Waals surface area (Å²) >= 11 is 4.68. The molecule has 22 heavy (non-hydrogen) atoms. The molecule has 0 saturated heterocycles. The van der Waals surface area contributed by atoms with E-state index in [0.717, 1.165) is 27.6 Å². The Kier molecular flexibility index (Phi) is 4.07. The number of hydrogen-bond donors (Lipinski definition) is 2. The van der Waals surface area contributed by atoms with Gasteiger partial charge in [0.2, 0.25) is 0 Å². The van der Waals surface area contributed by atoms with Gasteiger partial charge in [-0.05, 0) is 35.5 Å². The average Bonchev–Trinajstić information content (AvgIpc) is 2.55. The zero-order chi connectivity index (χ0) is 15.4. The van der Waals surface area contributed by atoms with Gasteiger partial charge >= 0.3 is 0 Å². The molecule has 2 aromatic carbocycles. The fourth-order valence-corrected chi connectivity index (χ4v) is 2.21. The number of nitrogens with one attached hydrogen (secondary N) is 1. The van der Waals surface area contributed by atoms with E-state index in [1.165, 1.54) is 0 Å². The number of benzene rings is 2. The molecule has 1 heterocycles. The smallest absolute Gasteiger partial charge is 0.184 e. The topological polar surface area (TPSA) is 63.3 Å². The second kappa shape index (κ2) is 6.32. The monoisotopic (exact) mass is 306 g/mol. The van der Waals surface area contributed by atoms with E-state index in [-0.39, 0.29) is 5.11 Å². The molecule has 1 aromatic heterocycles. The Morgan fingerprint density at radius 3 is 2.64 bits per heavy atom. The van der Waals surface area contributed by atoms with Crippen molar-refractivity contribution in [3.63, 3.8) is 0 Å². The van der Waals surface area contributed by atoms with Gasteiger partial charge in [-0.25, -0.2) is 0 Å². The Morgan fingerprint density at radius 1 is 1.09 bits per heavy atom. The molecule has 3 aromatic rings. The van der Waals surface area contributed by atoms with Crippen molar-refractivity contribution in [2.24, 2.45) is 10.8 Å². The van der Waals surface area contributed by atoms with E-state index < -0.39 is 0 Å². The number of rotatable bonds is 3. The first kappa shape index (κ1) is 14.2. The lowest BCUT2D eigenvalue weighted by atomic mass is 10.0. The summed E-state index contributed by atoms with van der Waals surface area (Å²) in [7, 11) is 0. The number of hydrazone groups is 1. The molecule has 0 unspecified atom stereocenters. The SMILES string of the molecule is NC(=S)NN=Cc1ccc(-c2cnc3ccccc3c2)cc1. The largest absolute Gasteiger partial charge is 0.375 e. The Labute approximate surface area is 133 Å². The molecule has 0 amide bonds. The van der Waals surface area contributed by atoms with Gasteiger partial charge in [-0.1, -0.05) is 42.5 Å². The molecule has 0 bridgehead atoms. The molecule has 3 rings (SSSR count). The minimum absolute atomic E-state index is 0.148. The van der Waals surface area contributed by atoms with Gasteiger partial charge < -0.3 is 5.73 Å². The first-order valence-electron chi connectivity index (χ1n) is 6.76. The summed E-state index contributed by atoms with van der Waals surface area (Å²) in [5.74, 6) is 0. The molecule has 0 fully saturated rings. The molecular weight excluding hydrogens is 292 g/mol. The van der Waals surface area contributed by atoms with Gasteiger partial charge in [-0.3, -0.25) is 10.4 Å². The van der Waals surface area contributed by atoms with Crippen molar-refractivity contribution in [3.05, 3.63) is 66.4 Å². The molecule has 0 spiro atoms. The number of para-hydroxylation sites is 1. The standard InChI is InChI=1S/C17H14N4S/c18-17(22)21-20-10-12-5-7-13(8-6-12)15-9-14-3-1-2-4-16(14)19-11-15/h1-11H,(H3,18,21,22). The van der Waals surface area contributed by atoms with E-state index in [0.29, 0.717) is 0 Å². The van der Waals surface area contributed by atoms with E-state index >= 15 is 0 Å². The van der Waals surface area contributed by atoms with E-state index in [9.17, 15) is 0 Å². The minimum atomic E-state index is 0.148. The maximum absolute atomic E-state index is 5.30. The van der Waals surface area contributed by atoms with Crippen molar-refractivity contribution in [2.45, 2.75) is 0 Å². The van der Waals surface area contributed by atoms with E-state index in [4.69, 9.17) is 5.73 Å². The van der Waals surface area contributed by atoms with Crippen molar-refractivity contribution in [3.8, 4) is 11.1 Å². The summed E-state index contributed by atoms with van der Waals surface area (Å²) < 4.78 is 0. The van der Waals surface area contributed by atoms with Crippen molar-refractivity contribution in [2.75, 3.05) is 0 Å². The van der Waals surface area contributed by atoms with Crippen LogP contribution in [-0.4, -0.2) is 16.3 Å². The molecule has 0 atom stereocenters. The van der Waals surface area contributed by atoms with E-state index in [1.807, 2.05) is 48.7 Å². The maximum atomic E-state index is 5.30. The Hall–Kier alpha value is -2.79. The van der Waals surface area contributed by atoms with Crippen molar-refractivity contribution in [1.82, 2.24) is 10.4 Å². The zero-order valence-corrected chi connectivity index (χ0v) is 12.5. The van der Waals surface area contributed by atoms with Gasteiger partial charge in [-0.15, -0.1) is 0 Å². The molecular formula is C17H14N4S. The Balaban J connectivity index is 1.84. The van der Waals surface area contributed by atoms with Crippen LogP contribution in [0.3, 0.4) is 0 Å². The van der Waals surface area contributed by atoms with Crippen LogP contribution in [-0.2, 0) is 0 Å². The number of pyridine rings is 1. The molecule has 3 N–H and O–H groups in total. The Morgan fingerprint density at radius 2 is 1.86 bits per heavy atom. The lowest BCUT2D eigenvalue weighted by Gasteiger charge is -2.04. The molecule has 5 heteroatoms. The van der Waals surface area contributed by atoms with Crippen LogP contribution in [0.15, 0.2) is 65.9 Å². The van der Waals surface area contributed by atoms with Crippen molar-refractivity contribution in [1.29, 1.82) is 0 Å². The van der Waals surface area contributed by atoms with E-state index in [2.05, 4.69) is 39.9 Å². The highest BCUT2D eigenvalue weighted by atomic mass is 32.1. The van der Waals surface area contributed by atoms with Gasteiger partial charge in [-0.2, -0.15) is 5.10 Å². The first-order chi connectivity index (χ1) is 10.7. The van der Waals surface area contributed by atoms with Crippen molar-refractivity contribution < 1.29 is 0 Å². The van der Waals surface area contributed by atoms with Crippen LogP contribution in [0.4, 0.5) is 0 Å². The molecule has 4 nitrogen and oxygen atoms in total. The average molecular weight is 306 g/mol. The normalized spacial score (nSPS) is 10.9. The first-order valence-corrected chi connectivity index (χ1v) is 7.17. The predicted octanol–water partition coefficient (Wildman–Crippen LogP) is 3.07. The summed E-state index contributed by atoms with van der Waals surface area (Å²) in [6.45, 7) is 0. The van der Waals surface area contributed by atoms with Crippen LogP contribution in [0.5, 0.6) is 0 Å². The number of fused-ring (bicyclic) bond motifs is 1. The van der Waals surface area contributed by atoms with Crippen LogP contribution < -0.4 is 11.2 Å². The summed E-state index contributed by atoms with van der Waals surface area (Å²) in [6, 6.07) is 18.3. The molecule has 108 valence electrons. The predicted molar refractivity (Wildman–Crippen MR) is 94.7 cm³/mol. The van der Waals surface area contributed by atoms with Crippen LogP contribution in [0.25, 0.3) is 22.0 Å². The van der Waals surface area contributed by atoms with Gasteiger partial charge in [0.1, 0.15) is 0 Å². The van der Waals surface area contributed by atoms with Crippen LogP contribution in [0.1, 0.15) is 5.56 Å². The van der Waals surface area contributed by atoms with Crippen LogP contribution >= 0.6 is 12.2 Å². The summed E-state index contributed by atoms with van der Waals surface area (Å²) in [4.78, 5) is 4.48. The molecule has 0 aliphatic carbocycles. The maximum Gasteiger partial charge on any atom is 0.184 e. The zero-order valence-electron chi connectivity index (χ0n) is 11.7. The third kappa shape index (κ3) is 3.27. The molecule has 0 aliphatic rings. The van der Waals surface area contributed by atoms with Crippen LogP contribution in [0.2, 0.25) is 0 Å². The Bertz CT molecular complexity index is 841. The number of hydrogen-bond acceptors (Lipinski definition) is 3. The quantitative estimate of drug-likeness (QED) is 0.443. The molecule has 0 saturated carbocycles. The number of thiocarbonyl (C=S) groups is 1. The second-order valence-electron chi connectivity index (χ2n) is 4.77. The molecule has 0 radical (unpaired) electrons. The van der Waals surface area contributed by atoms with E-state index in [1.54, 1.807) is 6.21 Å². The van der Waals surface area contributed by atoms with Gasteiger partial charge in [0.05, 0.1) is 11.7 Å². The third-order valence-corrected chi connectivity index (χ3v) is 3.31. The lowest BCUT2D eigenvalue weighted by Crippen LogP contribution is -2.23. The fourth-order valence-electron chi connectivity index (χ4n) is 2.16. The number of nitrogens with two attached hydrogens (primary N) is 1. The van der Waals surface area contributed by atoms with Crippen LogP contribution in [0, 0.1) is 0 Å².